The van der Waals surface area contributed by atoms with Crippen molar-refractivity contribution < 1.29 is 9.47 Å². The fraction of sp³-hybridized carbons (Fsp3) is 0.0714. The highest BCUT2D eigenvalue weighted by molar-refractivity contribution is 5.84. The molecule has 0 amide bonds. The summed E-state index contributed by atoms with van der Waals surface area (Å²) in [4.78, 5) is 0. The molecule has 4 aromatic carbocycles. The molecule has 2 heteroatoms. The Bertz CT molecular complexity index is 1060. The first kappa shape index (κ1) is 19.5. The molecule has 0 aromatic heterocycles. The molecule has 4 aromatic rings. The molecule has 2 nitrogen and oxygen atoms in total. The van der Waals surface area contributed by atoms with Gasteiger partial charge in [0.05, 0.1) is 0 Å². The van der Waals surface area contributed by atoms with Gasteiger partial charge in [-0.2, -0.15) is 0 Å². The third kappa shape index (κ3) is 4.44. The van der Waals surface area contributed by atoms with Crippen LogP contribution in [0.2, 0.25) is 0 Å². The van der Waals surface area contributed by atoms with Gasteiger partial charge in [-0.15, -0.1) is 0 Å². The minimum atomic E-state index is 0.761. The molecule has 30 heavy (non-hydrogen) atoms. The Labute approximate surface area is 178 Å². The van der Waals surface area contributed by atoms with Crippen LogP contribution in [0, 0.1) is 13.8 Å². The van der Waals surface area contributed by atoms with Gasteiger partial charge in [0.2, 0.25) is 0 Å². The standard InChI is InChI=1S/C28H24O2/c1-20-12-16-23(17-13-20)29-27-10-6-4-8-25(27)22(3)26-9-5-7-11-28(26)30-24-18-14-21(2)15-19-24/h4-19H,3H2,1-2H3. The third-order valence-electron chi connectivity index (χ3n) is 4.92. The SMILES string of the molecule is C=C(c1ccccc1Oc1ccc(C)cc1)c1ccccc1Oc1ccc(C)cc1. The summed E-state index contributed by atoms with van der Waals surface area (Å²) in [6.45, 7) is 8.49. The predicted molar refractivity (Wildman–Crippen MR) is 124 cm³/mol. The van der Waals surface area contributed by atoms with E-state index in [1.165, 1.54) is 11.1 Å². The number of ether oxygens (including phenoxy) is 2. The van der Waals surface area contributed by atoms with Crippen LogP contribution in [-0.2, 0) is 0 Å². The number of rotatable bonds is 6. The predicted octanol–water partition coefficient (Wildman–Crippen LogP) is 7.95. The summed E-state index contributed by atoms with van der Waals surface area (Å²) in [5, 5.41) is 0. The quantitative estimate of drug-likeness (QED) is 0.331. The second-order valence-corrected chi connectivity index (χ2v) is 7.30. The molecule has 0 aliphatic heterocycles. The van der Waals surface area contributed by atoms with Crippen molar-refractivity contribution in [1.29, 1.82) is 0 Å². The lowest BCUT2D eigenvalue weighted by Crippen LogP contribution is -1.95. The van der Waals surface area contributed by atoms with Gasteiger partial charge in [-0.05, 0) is 55.8 Å². The van der Waals surface area contributed by atoms with E-state index in [4.69, 9.17) is 9.47 Å². The van der Waals surface area contributed by atoms with E-state index in [0.29, 0.717) is 0 Å². The van der Waals surface area contributed by atoms with Crippen LogP contribution < -0.4 is 9.47 Å². The minimum absolute atomic E-state index is 0.761. The largest absolute Gasteiger partial charge is 0.457 e. The van der Waals surface area contributed by atoms with Gasteiger partial charge in [0, 0.05) is 11.1 Å². The number of benzene rings is 4. The van der Waals surface area contributed by atoms with Gasteiger partial charge in [-0.1, -0.05) is 78.4 Å². The Morgan fingerprint density at radius 2 is 0.900 bits per heavy atom. The zero-order valence-electron chi connectivity index (χ0n) is 17.3. The molecular weight excluding hydrogens is 368 g/mol. The minimum Gasteiger partial charge on any atom is -0.457 e. The molecule has 0 saturated heterocycles. The number of hydrogen-bond donors (Lipinski definition) is 0. The lowest BCUT2D eigenvalue weighted by molar-refractivity contribution is 0.478. The van der Waals surface area contributed by atoms with Crippen molar-refractivity contribution in [2.45, 2.75) is 13.8 Å². The van der Waals surface area contributed by atoms with Crippen LogP contribution in [0.15, 0.2) is 104 Å². The summed E-state index contributed by atoms with van der Waals surface area (Å²) in [7, 11) is 0. The van der Waals surface area contributed by atoms with Crippen molar-refractivity contribution in [3.8, 4) is 23.0 Å². The molecule has 0 radical (unpaired) electrons. The zero-order chi connectivity index (χ0) is 20.9. The van der Waals surface area contributed by atoms with Gasteiger partial charge < -0.3 is 9.47 Å². The van der Waals surface area contributed by atoms with Crippen LogP contribution in [0.25, 0.3) is 5.57 Å². The Balaban J connectivity index is 1.65. The Morgan fingerprint density at radius 1 is 0.533 bits per heavy atom. The second kappa shape index (κ2) is 8.71. The lowest BCUT2D eigenvalue weighted by Gasteiger charge is -2.16. The number of para-hydroxylation sites is 2. The van der Waals surface area contributed by atoms with E-state index >= 15 is 0 Å². The van der Waals surface area contributed by atoms with Crippen molar-refractivity contribution in [1.82, 2.24) is 0 Å². The first-order chi connectivity index (χ1) is 14.6. The molecule has 0 bridgehead atoms. The number of hydrogen-bond acceptors (Lipinski definition) is 2. The molecule has 148 valence electrons. The number of aryl methyl sites for hydroxylation is 2. The van der Waals surface area contributed by atoms with Crippen molar-refractivity contribution in [3.63, 3.8) is 0 Å². The van der Waals surface area contributed by atoms with Gasteiger partial charge in [0.1, 0.15) is 23.0 Å². The topological polar surface area (TPSA) is 18.5 Å². The average Bonchev–Trinajstić information content (AvgIpc) is 2.77. The highest BCUT2D eigenvalue weighted by Crippen LogP contribution is 2.37. The van der Waals surface area contributed by atoms with Crippen LogP contribution in [0.3, 0.4) is 0 Å². The first-order valence-corrected chi connectivity index (χ1v) is 9.97. The average molecular weight is 392 g/mol. The van der Waals surface area contributed by atoms with Crippen molar-refractivity contribution >= 4 is 5.57 Å². The summed E-state index contributed by atoms with van der Waals surface area (Å²) in [5.41, 5.74) is 5.10. The normalized spacial score (nSPS) is 10.5. The summed E-state index contributed by atoms with van der Waals surface area (Å²) in [6, 6.07) is 31.9. The molecule has 0 unspecified atom stereocenters. The van der Waals surface area contributed by atoms with E-state index in [-0.39, 0.29) is 0 Å². The molecule has 0 saturated carbocycles. The van der Waals surface area contributed by atoms with Crippen LogP contribution in [0.1, 0.15) is 22.3 Å². The van der Waals surface area contributed by atoms with E-state index in [1.807, 2.05) is 97.1 Å². The summed E-state index contributed by atoms with van der Waals surface area (Å²) in [6.07, 6.45) is 0. The maximum Gasteiger partial charge on any atom is 0.135 e. The lowest BCUT2D eigenvalue weighted by atomic mass is 9.98. The van der Waals surface area contributed by atoms with E-state index in [9.17, 15) is 0 Å². The molecule has 0 aliphatic rings. The van der Waals surface area contributed by atoms with Crippen molar-refractivity contribution in [3.05, 3.63) is 126 Å². The maximum absolute atomic E-state index is 6.18. The third-order valence-corrected chi connectivity index (χ3v) is 4.92. The molecular formula is C28H24O2. The Kier molecular flexibility index (Phi) is 5.67. The molecule has 0 fully saturated rings. The van der Waals surface area contributed by atoms with E-state index in [2.05, 4.69) is 20.4 Å². The molecule has 0 N–H and O–H groups in total. The van der Waals surface area contributed by atoms with Crippen LogP contribution in [0.5, 0.6) is 23.0 Å². The van der Waals surface area contributed by atoms with E-state index < -0.39 is 0 Å². The Morgan fingerprint density at radius 3 is 1.30 bits per heavy atom. The highest BCUT2D eigenvalue weighted by Gasteiger charge is 2.14. The summed E-state index contributed by atoms with van der Waals surface area (Å²) >= 11 is 0. The smallest absolute Gasteiger partial charge is 0.135 e. The fourth-order valence-electron chi connectivity index (χ4n) is 3.22. The monoisotopic (exact) mass is 392 g/mol. The Hall–Kier alpha value is -3.78. The van der Waals surface area contributed by atoms with Gasteiger partial charge in [-0.25, -0.2) is 0 Å². The summed E-state index contributed by atoms with van der Waals surface area (Å²) < 4.78 is 12.4. The molecule has 0 heterocycles. The van der Waals surface area contributed by atoms with Gasteiger partial charge in [-0.3, -0.25) is 0 Å². The van der Waals surface area contributed by atoms with Crippen molar-refractivity contribution in [2.24, 2.45) is 0 Å². The first-order valence-electron chi connectivity index (χ1n) is 9.97. The van der Waals surface area contributed by atoms with Gasteiger partial charge >= 0.3 is 0 Å². The van der Waals surface area contributed by atoms with Crippen LogP contribution in [0.4, 0.5) is 0 Å². The van der Waals surface area contributed by atoms with Gasteiger partial charge in [0.25, 0.3) is 0 Å². The molecule has 0 aliphatic carbocycles. The molecule has 0 atom stereocenters. The van der Waals surface area contributed by atoms with Crippen LogP contribution >= 0.6 is 0 Å². The fourth-order valence-corrected chi connectivity index (χ4v) is 3.22. The second-order valence-electron chi connectivity index (χ2n) is 7.30. The highest BCUT2D eigenvalue weighted by atomic mass is 16.5. The van der Waals surface area contributed by atoms with Crippen LogP contribution in [-0.4, -0.2) is 0 Å². The maximum atomic E-state index is 6.18. The summed E-state index contributed by atoms with van der Waals surface area (Å²) in [5.74, 6) is 3.11. The molecule has 0 spiro atoms. The van der Waals surface area contributed by atoms with E-state index in [1.54, 1.807) is 0 Å². The van der Waals surface area contributed by atoms with Crippen molar-refractivity contribution in [2.75, 3.05) is 0 Å². The van der Waals surface area contributed by atoms with E-state index in [0.717, 1.165) is 39.7 Å². The zero-order valence-corrected chi connectivity index (χ0v) is 17.3. The van der Waals surface area contributed by atoms with Gasteiger partial charge in [0.15, 0.2) is 0 Å². The molecule has 4 rings (SSSR count).